The second-order valence-corrected chi connectivity index (χ2v) is 6.18. The maximum absolute atomic E-state index is 8.77. The molecule has 2 unspecified atom stereocenters. The van der Waals surface area contributed by atoms with Crippen LogP contribution in [0.5, 0.6) is 0 Å². The largest absolute Gasteiger partial charge is 0.384 e. The number of piperidine rings is 1. The van der Waals surface area contributed by atoms with Crippen LogP contribution in [0.1, 0.15) is 37.1 Å². The summed E-state index contributed by atoms with van der Waals surface area (Å²) in [6.45, 7) is 6.77. The van der Waals surface area contributed by atoms with E-state index in [1.807, 2.05) is 0 Å². The number of thiophene rings is 1. The molecule has 1 aliphatic heterocycles. The van der Waals surface area contributed by atoms with Crippen LogP contribution < -0.4 is 0 Å². The Bertz CT molecular complexity index is 443. The molecule has 2 nitrogen and oxygen atoms in total. The van der Waals surface area contributed by atoms with Gasteiger partial charge in [0.05, 0.1) is 0 Å². The SMILES string of the molecule is CC1CCC(C)N(Cc2sccc2C#CCO)C1. The van der Waals surface area contributed by atoms with E-state index < -0.39 is 0 Å². The van der Waals surface area contributed by atoms with Gasteiger partial charge in [-0.25, -0.2) is 0 Å². The molecule has 0 spiro atoms. The summed E-state index contributed by atoms with van der Waals surface area (Å²) in [5.41, 5.74) is 1.08. The van der Waals surface area contributed by atoms with E-state index in [4.69, 9.17) is 5.11 Å². The normalized spacial score (nSPS) is 24.6. The van der Waals surface area contributed by atoms with Crippen LogP contribution in [-0.4, -0.2) is 29.2 Å². The van der Waals surface area contributed by atoms with Crippen LogP contribution >= 0.6 is 11.3 Å². The summed E-state index contributed by atoms with van der Waals surface area (Å²) >= 11 is 1.77. The van der Waals surface area contributed by atoms with Gasteiger partial charge in [-0.15, -0.1) is 11.3 Å². The van der Waals surface area contributed by atoms with E-state index in [1.54, 1.807) is 11.3 Å². The molecule has 18 heavy (non-hydrogen) atoms. The highest BCUT2D eigenvalue weighted by molar-refractivity contribution is 7.10. The minimum Gasteiger partial charge on any atom is -0.384 e. The van der Waals surface area contributed by atoms with Crippen LogP contribution in [0.15, 0.2) is 11.4 Å². The zero-order chi connectivity index (χ0) is 13.0. The van der Waals surface area contributed by atoms with Crippen LogP contribution in [0, 0.1) is 17.8 Å². The molecule has 1 aliphatic rings. The fourth-order valence-electron chi connectivity index (χ4n) is 2.49. The van der Waals surface area contributed by atoms with Gasteiger partial charge in [-0.05, 0) is 37.1 Å². The van der Waals surface area contributed by atoms with Crippen molar-refractivity contribution in [2.24, 2.45) is 5.92 Å². The Hall–Kier alpha value is -0.820. The predicted octanol–water partition coefficient (Wildman–Crippen LogP) is 2.71. The Kier molecular flexibility index (Phi) is 4.82. The van der Waals surface area contributed by atoms with Gasteiger partial charge in [0.1, 0.15) is 6.61 Å². The highest BCUT2D eigenvalue weighted by Crippen LogP contribution is 2.26. The maximum atomic E-state index is 8.77. The van der Waals surface area contributed by atoms with E-state index >= 15 is 0 Å². The van der Waals surface area contributed by atoms with Crippen LogP contribution in [0.25, 0.3) is 0 Å². The van der Waals surface area contributed by atoms with Gasteiger partial charge in [-0.3, -0.25) is 4.90 Å². The first-order chi connectivity index (χ1) is 8.70. The number of hydrogen-bond acceptors (Lipinski definition) is 3. The van der Waals surface area contributed by atoms with Gasteiger partial charge in [0, 0.05) is 29.6 Å². The third-order valence-electron chi connectivity index (χ3n) is 3.64. The van der Waals surface area contributed by atoms with Gasteiger partial charge < -0.3 is 5.11 Å². The van der Waals surface area contributed by atoms with Gasteiger partial charge in [0.2, 0.25) is 0 Å². The lowest BCUT2D eigenvalue weighted by Gasteiger charge is -2.36. The minimum atomic E-state index is -0.0631. The molecular formula is C15H21NOS. The van der Waals surface area contributed by atoms with E-state index in [9.17, 15) is 0 Å². The summed E-state index contributed by atoms with van der Waals surface area (Å²) in [4.78, 5) is 3.89. The lowest BCUT2D eigenvalue weighted by Crippen LogP contribution is -2.40. The summed E-state index contributed by atoms with van der Waals surface area (Å²) in [5.74, 6) is 6.58. The molecule has 1 aromatic heterocycles. The summed E-state index contributed by atoms with van der Waals surface area (Å²) in [5, 5.41) is 10.9. The molecule has 3 heteroatoms. The lowest BCUT2D eigenvalue weighted by atomic mass is 9.95. The Morgan fingerprint density at radius 2 is 2.28 bits per heavy atom. The van der Waals surface area contributed by atoms with Gasteiger partial charge >= 0.3 is 0 Å². The topological polar surface area (TPSA) is 23.5 Å². The van der Waals surface area contributed by atoms with Crippen molar-refractivity contribution in [2.75, 3.05) is 13.2 Å². The molecular weight excluding hydrogens is 242 g/mol. The Morgan fingerprint density at radius 1 is 1.44 bits per heavy atom. The van der Waals surface area contributed by atoms with Crippen LogP contribution in [-0.2, 0) is 6.54 Å². The number of aliphatic hydroxyl groups excluding tert-OH is 1. The van der Waals surface area contributed by atoms with Gasteiger partial charge in [-0.2, -0.15) is 0 Å². The van der Waals surface area contributed by atoms with Crippen molar-refractivity contribution in [1.29, 1.82) is 0 Å². The van der Waals surface area contributed by atoms with Gasteiger partial charge in [0.15, 0.2) is 0 Å². The number of aliphatic hydroxyl groups is 1. The molecule has 98 valence electrons. The average molecular weight is 263 g/mol. The van der Waals surface area contributed by atoms with E-state index in [0.717, 1.165) is 18.0 Å². The fourth-order valence-corrected chi connectivity index (χ4v) is 3.35. The molecule has 2 heterocycles. The van der Waals surface area contributed by atoms with Gasteiger partial charge in [0.25, 0.3) is 0 Å². The first-order valence-corrected chi connectivity index (χ1v) is 7.48. The Labute approximate surface area is 114 Å². The zero-order valence-electron chi connectivity index (χ0n) is 11.1. The molecule has 1 aromatic rings. The van der Waals surface area contributed by atoms with E-state index in [2.05, 4.69) is 42.0 Å². The minimum absolute atomic E-state index is 0.0631. The second kappa shape index (κ2) is 6.38. The maximum Gasteiger partial charge on any atom is 0.104 e. The van der Waals surface area contributed by atoms with Gasteiger partial charge in [-0.1, -0.05) is 18.8 Å². The smallest absolute Gasteiger partial charge is 0.104 e. The van der Waals surface area contributed by atoms with Crippen molar-refractivity contribution >= 4 is 11.3 Å². The Balaban J connectivity index is 2.06. The first kappa shape index (κ1) is 13.6. The lowest BCUT2D eigenvalue weighted by molar-refractivity contribution is 0.118. The summed E-state index contributed by atoms with van der Waals surface area (Å²) < 4.78 is 0. The molecule has 2 atom stereocenters. The summed E-state index contributed by atoms with van der Waals surface area (Å²) in [7, 11) is 0. The van der Waals surface area contributed by atoms with E-state index in [1.165, 1.54) is 24.3 Å². The summed E-state index contributed by atoms with van der Waals surface area (Å²) in [6.07, 6.45) is 2.64. The molecule has 1 N–H and O–H groups in total. The quantitative estimate of drug-likeness (QED) is 0.829. The first-order valence-electron chi connectivity index (χ1n) is 6.61. The number of likely N-dealkylation sites (tertiary alicyclic amines) is 1. The standard InChI is InChI=1S/C15H21NOS/c1-12-5-6-13(2)16(10-12)11-15-14(4-3-8-17)7-9-18-15/h7,9,12-13,17H,5-6,8,10-11H2,1-2H3. The van der Waals surface area contributed by atoms with Crippen molar-refractivity contribution in [3.8, 4) is 11.8 Å². The highest BCUT2D eigenvalue weighted by Gasteiger charge is 2.23. The molecule has 0 amide bonds. The molecule has 0 aromatic carbocycles. The third-order valence-corrected chi connectivity index (χ3v) is 4.55. The van der Waals surface area contributed by atoms with Crippen LogP contribution in [0.4, 0.5) is 0 Å². The van der Waals surface area contributed by atoms with Crippen molar-refractivity contribution in [3.05, 3.63) is 21.9 Å². The molecule has 2 rings (SSSR count). The molecule has 0 saturated carbocycles. The van der Waals surface area contributed by atoms with Crippen molar-refractivity contribution in [2.45, 2.75) is 39.3 Å². The zero-order valence-corrected chi connectivity index (χ0v) is 12.0. The van der Waals surface area contributed by atoms with Crippen molar-refractivity contribution < 1.29 is 5.11 Å². The fraction of sp³-hybridized carbons (Fsp3) is 0.600. The monoisotopic (exact) mass is 263 g/mol. The number of rotatable bonds is 2. The second-order valence-electron chi connectivity index (χ2n) is 5.18. The van der Waals surface area contributed by atoms with Crippen molar-refractivity contribution in [3.63, 3.8) is 0 Å². The molecule has 1 saturated heterocycles. The third kappa shape index (κ3) is 3.35. The molecule has 1 fully saturated rings. The number of nitrogens with zero attached hydrogens (tertiary/aromatic N) is 1. The molecule has 0 aliphatic carbocycles. The predicted molar refractivity (Wildman–Crippen MR) is 76.6 cm³/mol. The molecule has 0 radical (unpaired) electrons. The van der Waals surface area contributed by atoms with Crippen LogP contribution in [0.2, 0.25) is 0 Å². The van der Waals surface area contributed by atoms with Crippen LogP contribution in [0.3, 0.4) is 0 Å². The van der Waals surface area contributed by atoms with E-state index in [0.29, 0.717) is 6.04 Å². The van der Waals surface area contributed by atoms with Crippen molar-refractivity contribution in [1.82, 2.24) is 4.90 Å². The highest BCUT2D eigenvalue weighted by atomic mass is 32.1. The molecule has 0 bridgehead atoms. The van der Waals surface area contributed by atoms with E-state index in [-0.39, 0.29) is 6.61 Å². The number of hydrogen-bond donors (Lipinski definition) is 1. The average Bonchev–Trinajstić information content (AvgIpc) is 2.79. The Morgan fingerprint density at radius 3 is 3.06 bits per heavy atom. The summed E-state index contributed by atoms with van der Waals surface area (Å²) in [6, 6.07) is 2.72.